The number of hydrogen-bond donors (Lipinski definition) is 2. The number of amides is 2. The number of ether oxygens (including phenoxy) is 1. The molecule has 0 saturated heterocycles. The Morgan fingerprint density at radius 2 is 1.47 bits per heavy atom. The number of aromatic nitrogens is 3. The highest BCUT2D eigenvalue weighted by molar-refractivity contribution is 6.31. The van der Waals surface area contributed by atoms with E-state index in [9.17, 15) is 14.4 Å². The second-order valence-electron chi connectivity index (χ2n) is 8.04. The molecule has 4 aromatic rings. The molecule has 2 N–H and O–H groups in total. The van der Waals surface area contributed by atoms with E-state index in [0.29, 0.717) is 32.5 Å². The second kappa shape index (κ2) is 10.8. The number of benzene rings is 3. The fourth-order valence-electron chi connectivity index (χ4n) is 3.48. The Labute approximate surface area is 216 Å². The van der Waals surface area contributed by atoms with Gasteiger partial charge in [-0.15, -0.1) is 5.10 Å². The van der Waals surface area contributed by atoms with Crippen LogP contribution in [0.15, 0.2) is 54.6 Å². The summed E-state index contributed by atoms with van der Waals surface area (Å²) in [5.41, 5.74) is 4.01. The Morgan fingerprint density at radius 1 is 0.861 bits per heavy atom. The smallest absolute Gasteiger partial charge is 0.338 e. The Balaban J connectivity index is 1.36. The zero-order valence-electron chi connectivity index (χ0n) is 19.3. The summed E-state index contributed by atoms with van der Waals surface area (Å²) in [4.78, 5) is 37.1. The molecular weight excluding hydrogens is 505 g/mol. The number of rotatable bonds is 7. The van der Waals surface area contributed by atoms with Crippen LogP contribution >= 0.6 is 23.2 Å². The van der Waals surface area contributed by atoms with Crippen LogP contribution in [0.3, 0.4) is 0 Å². The highest BCUT2D eigenvalue weighted by Crippen LogP contribution is 2.21. The molecule has 0 radical (unpaired) electrons. The van der Waals surface area contributed by atoms with Crippen molar-refractivity contribution < 1.29 is 19.1 Å². The van der Waals surface area contributed by atoms with Crippen molar-refractivity contribution in [3.63, 3.8) is 0 Å². The van der Waals surface area contributed by atoms with Crippen LogP contribution in [0, 0.1) is 13.8 Å². The molecule has 1 heterocycles. The molecule has 0 fully saturated rings. The van der Waals surface area contributed by atoms with Crippen molar-refractivity contribution in [2.45, 2.75) is 20.4 Å². The largest absolute Gasteiger partial charge is 0.452 e. The van der Waals surface area contributed by atoms with Crippen LogP contribution in [0.5, 0.6) is 0 Å². The Kier molecular flexibility index (Phi) is 7.52. The second-order valence-corrected chi connectivity index (χ2v) is 8.91. The summed E-state index contributed by atoms with van der Waals surface area (Å²) in [5.74, 6) is -1.47. The topological polar surface area (TPSA) is 115 Å². The van der Waals surface area contributed by atoms with Crippen molar-refractivity contribution in [3.05, 3.63) is 81.3 Å². The maximum absolute atomic E-state index is 12.5. The van der Waals surface area contributed by atoms with Gasteiger partial charge in [-0.05, 0) is 79.6 Å². The lowest BCUT2D eigenvalue weighted by Gasteiger charge is -2.09. The van der Waals surface area contributed by atoms with Crippen LogP contribution in [0.4, 0.5) is 11.4 Å². The number of esters is 1. The third-order valence-corrected chi connectivity index (χ3v) is 5.77. The molecule has 0 bridgehead atoms. The molecule has 0 saturated carbocycles. The monoisotopic (exact) mass is 525 g/mol. The first kappa shape index (κ1) is 25.2. The van der Waals surface area contributed by atoms with Gasteiger partial charge in [0, 0.05) is 21.4 Å². The fraction of sp³-hybridized carbons (Fsp3) is 0.160. The minimum absolute atomic E-state index is 0.0767. The van der Waals surface area contributed by atoms with Gasteiger partial charge in [-0.25, -0.2) is 9.48 Å². The molecule has 0 unspecified atom stereocenters. The van der Waals surface area contributed by atoms with Crippen LogP contribution in [-0.4, -0.2) is 39.4 Å². The lowest BCUT2D eigenvalue weighted by atomic mass is 10.2. The minimum Gasteiger partial charge on any atom is -0.452 e. The predicted molar refractivity (Wildman–Crippen MR) is 137 cm³/mol. The lowest BCUT2D eigenvalue weighted by molar-refractivity contribution is -0.119. The first-order chi connectivity index (χ1) is 17.2. The summed E-state index contributed by atoms with van der Waals surface area (Å²) in [5, 5.41) is 14.7. The van der Waals surface area contributed by atoms with Gasteiger partial charge in [0.15, 0.2) is 6.61 Å². The average Bonchev–Trinajstić information content (AvgIpc) is 3.23. The van der Waals surface area contributed by atoms with Crippen molar-refractivity contribution in [1.29, 1.82) is 0 Å². The summed E-state index contributed by atoms with van der Waals surface area (Å²) in [6.07, 6.45) is 0. The van der Waals surface area contributed by atoms with Gasteiger partial charge in [-0.2, -0.15) is 0 Å². The van der Waals surface area contributed by atoms with Crippen LogP contribution < -0.4 is 10.6 Å². The first-order valence-corrected chi connectivity index (χ1v) is 11.6. The van der Waals surface area contributed by atoms with Gasteiger partial charge in [0.05, 0.1) is 11.1 Å². The van der Waals surface area contributed by atoms with Crippen LogP contribution in [-0.2, 0) is 20.9 Å². The van der Waals surface area contributed by atoms with Gasteiger partial charge in [0.25, 0.3) is 5.91 Å². The van der Waals surface area contributed by atoms with E-state index in [1.165, 1.54) is 16.8 Å². The lowest BCUT2D eigenvalue weighted by Crippen LogP contribution is -2.21. The third-order valence-electron chi connectivity index (χ3n) is 5.30. The number of hydrogen-bond acceptors (Lipinski definition) is 6. The van der Waals surface area contributed by atoms with E-state index in [-0.39, 0.29) is 18.0 Å². The van der Waals surface area contributed by atoms with E-state index in [1.807, 2.05) is 6.92 Å². The number of carbonyl (C=O) groups is 3. The number of nitrogens with zero attached hydrogens (tertiary/aromatic N) is 3. The predicted octanol–water partition coefficient (Wildman–Crippen LogP) is 4.79. The summed E-state index contributed by atoms with van der Waals surface area (Å²) < 4.78 is 6.55. The summed E-state index contributed by atoms with van der Waals surface area (Å²) in [7, 11) is 0. The summed E-state index contributed by atoms with van der Waals surface area (Å²) >= 11 is 11.9. The van der Waals surface area contributed by atoms with E-state index in [0.717, 1.165) is 11.1 Å². The van der Waals surface area contributed by atoms with Crippen molar-refractivity contribution in [2.75, 3.05) is 17.2 Å². The Morgan fingerprint density at radius 3 is 2.08 bits per heavy atom. The zero-order valence-corrected chi connectivity index (χ0v) is 20.9. The first-order valence-electron chi connectivity index (χ1n) is 10.8. The minimum atomic E-state index is -0.689. The van der Waals surface area contributed by atoms with E-state index in [1.54, 1.807) is 49.4 Å². The number of halogens is 2. The maximum atomic E-state index is 12.5. The SMILES string of the molecule is Cc1cc(Cl)ccc1NC(=O)COC(=O)c1ccc2c(c1)nnn2CC(=O)Nc1ccc(Cl)cc1C. The zero-order chi connectivity index (χ0) is 25.8. The van der Waals surface area contributed by atoms with Gasteiger partial charge in [-0.1, -0.05) is 28.4 Å². The Bertz CT molecular complexity index is 1480. The molecule has 0 atom stereocenters. The molecule has 0 aliphatic heterocycles. The van der Waals surface area contributed by atoms with Crippen LogP contribution in [0.2, 0.25) is 10.0 Å². The highest BCUT2D eigenvalue weighted by Gasteiger charge is 2.15. The molecule has 0 spiro atoms. The molecule has 4 rings (SSSR count). The number of aryl methyl sites for hydroxylation is 2. The number of nitrogens with one attached hydrogen (secondary N) is 2. The highest BCUT2D eigenvalue weighted by atomic mass is 35.5. The Hall–Kier alpha value is -3.95. The molecule has 9 nitrogen and oxygen atoms in total. The molecule has 184 valence electrons. The van der Waals surface area contributed by atoms with Gasteiger partial charge in [-0.3, -0.25) is 9.59 Å². The van der Waals surface area contributed by atoms with Crippen molar-refractivity contribution in [1.82, 2.24) is 15.0 Å². The standard InChI is InChI=1S/C25H21Cl2N5O4/c1-14-9-17(26)4-6-19(14)28-23(33)12-32-22-8-3-16(11-21(22)30-31-32)25(35)36-13-24(34)29-20-7-5-18(27)10-15(20)2/h3-11H,12-13H2,1-2H3,(H,28,33)(H,29,34). The molecule has 2 amide bonds. The van der Waals surface area contributed by atoms with Crippen LogP contribution in [0.25, 0.3) is 11.0 Å². The molecule has 11 heteroatoms. The van der Waals surface area contributed by atoms with E-state index in [2.05, 4.69) is 20.9 Å². The summed E-state index contributed by atoms with van der Waals surface area (Å²) in [6, 6.07) is 14.8. The van der Waals surface area contributed by atoms with Crippen molar-refractivity contribution in [2.24, 2.45) is 0 Å². The molecular formula is C25H21Cl2N5O4. The average molecular weight is 526 g/mol. The van der Waals surface area contributed by atoms with E-state index in [4.69, 9.17) is 27.9 Å². The fourth-order valence-corrected chi connectivity index (χ4v) is 3.93. The molecule has 3 aromatic carbocycles. The van der Waals surface area contributed by atoms with Crippen molar-refractivity contribution in [3.8, 4) is 0 Å². The molecule has 1 aromatic heterocycles. The molecule has 36 heavy (non-hydrogen) atoms. The van der Waals surface area contributed by atoms with Gasteiger partial charge < -0.3 is 15.4 Å². The maximum Gasteiger partial charge on any atom is 0.338 e. The number of fused-ring (bicyclic) bond motifs is 1. The van der Waals surface area contributed by atoms with Crippen LogP contribution in [0.1, 0.15) is 21.5 Å². The summed E-state index contributed by atoms with van der Waals surface area (Å²) in [6.45, 7) is 3.11. The van der Waals surface area contributed by atoms with Gasteiger partial charge in [0.1, 0.15) is 12.1 Å². The molecule has 0 aliphatic rings. The molecule has 0 aliphatic carbocycles. The van der Waals surface area contributed by atoms with E-state index >= 15 is 0 Å². The van der Waals surface area contributed by atoms with Gasteiger partial charge in [0.2, 0.25) is 5.91 Å². The number of carbonyl (C=O) groups excluding carboxylic acids is 3. The number of anilines is 2. The van der Waals surface area contributed by atoms with E-state index < -0.39 is 18.5 Å². The van der Waals surface area contributed by atoms with Gasteiger partial charge >= 0.3 is 5.97 Å². The van der Waals surface area contributed by atoms with Crippen molar-refractivity contribution >= 4 is 63.4 Å². The third kappa shape index (κ3) is 5.99. The quantitative estimate of drug-likeness (QED) is 0.335. The normalized spacial score (nSPS) is 10.8.